The molecule has 0 amide bonds. The van der Waals surface area contributed by atoms with Crippen LogP contribution in [0.4, 0.5) is 5.69 Å². The van der Waals surface area contributed by atoms with Crippen LogP contribution in [0.2, 0.25) is 0 Å². The smallest absolute Gasteiger partial charge is 0.133 e. The van der Waals surface area contributed by atoms with E-state index in [1.165, 1.54) is 25.7 Å². The van der Waals surface area contributed by atoms with Gasteiger partial charge in [-0.05, 0) is 18.9 Å². The maximum Gasteiger partial charge on any atom is 0.133 e. The van der Waals surface area contributed by atoms with Gasteiger partial charge in [-0.3, -0.25) is 9.36 Å². The molecular weight excluding hydrogens is 214 g/mol. The SMILES string of the molecule is Cn1nccc1-c1nn(C2CCCC2)cc1N. The van der Waals surface area contributed by atoms with E-state index in [1.807, 2.05) is 24.0 Å². The van der Waals surface area contributed by atoms with Crippen molar-refractivity contribution in [3.05, 3.63) is 18.5 Å². The first-order valence-electron chi connectivity index (χ1n) is 6.08. The molecule has 5 nitrogen and oxygen atoms in total. The molecule has 90 valence electrons. The topological polar surface area (TPSA) is 61.7 Å². The summed E-state index contributed by atoms with van der Waals surface area (Å²) in [6.45, 7) is 0. The molecule has 2 aromatic heterocycles. The zero-order chi connectivity index (χ0) is 11.8. The Labute approximate surface area is 100 Å². The maximum absolute atomic E-state index is 6.04. The molecule has 0 atom stereocenters. The van der Waals surface area contributed by atoms with Gasteiger partial charge in [0.1, 0.15) is 5.69 Å². The third-order valence-corrected chi connectivity index (χ3v) is 3.52. The Bertz CT molecular complexity index is 519. The van der Waals surface area contributed by atoms with Gasteiger partial charge < -0.3 is 5.73 Å². The molecule has 0 bridgehead atoms. The van der Waals surface area contributed by atoms with E-state index >= 15 is 0 Å². The van der Waals surface area contributed by atoms with Crippen LogP contribution in [0.15, 0.2) is 18.5 Å². The summed E-state index contributed by atoms with van der Waals surface area (Å²) in [7, 11) is 1.91. The van der Waals surface area contributed by atoms with Gasteiger partial charge in [-0.25, -0.2) is 0 Å². The average Bonchev–Trinajstić information content (AvgIpc) is 2.98. The predicted molar refractivity (Wildman–Crippen MR) is 66.3 cm³/mol. The molecule has 1 aliphatic rings. The second-order valence-electron chi connectivity index (χ2n) is 4.69. The summed E-state index contributed by atoms with van der Waals surface area (Å²) in [6, 6.07) is 2.47. The molecule has 0 aromatic carbocycles. The lowest BCUT2D eigenvalue weighted by atomic mass is 10.2. The molecule has 3 rings (SSSR count). The van der Waals surface area contributed by atoms with E-state index in [2.05, 4.69) is 10.2 Å². The number of aryl methyl sites for hydroxylation is 1. The first-order valence-corrected chi connectivity index (χ1v) is 6.08. The third kappa shape index (κ3) is 1.71. The molecule has 0 spiro atoms. The molecule has 1 saturated carbocycles. The van der Waals surface area contributed by atoms with Gasteiger partial charge in [0.2, 0.25) is 0 Å². The van der Waals surface area contributed by atoms with Crippen molar-refractivity contribution in [2.75, 3.05) is 5.73 Å². The van der Waals surface area contributed by atoms with E-state index in [0.29, 0.717) is 6.04 Å². The number of nitrogen functional groups attached to an aromatic ring is 1. The Kier molecular flexibility index (Phi) is 2.39. The van der Waals surface area contributed by atoms with E-state index in [0.717, 1.165) is 17.1 Å². The minimum atomic E-state index is 0.527. The summed E-state index contributed by atoms with van der Waals surface area (Å²) in [4.78, 5) is 0. The van der Waals surface area contributed by atoms with Crippen LogP contribution in [0.5, 0.6) is 0 Å². The molecular formula is C12H17N5. The van der Waals surface area contributed by atoms with Gasteiger partial charge in [0, 0.05) is 19.4 Å². The Morgan fingerprint density at radius 3 is 2.76 bits per heavy atom. The van der Waals surface area contributed by atoms with Crippen molar-refractivity contribution in [1.29, 1.82) is 0 Å². The van der Waals surface area contributed by atoms with Crippen LogP contribution in [0.3, 0.4) is 0 Å². The van der Waals surface area contributed by atoms with E-state index in [4.69, 9.17) is 5.73 Å². The number of nitrogens with zero attached hydrogens (tertiary/aromatic N) is 4. The van der Waals surface area contributed by atoms with Crippen molar-refractivity contribution in [3.63, 3.8) is 0 Å². The van der Waals surface area contributed by atoms with Gasteiger partial charge in [0.15, 0.2) is 0 Å². The molecule has 0 saturated heterocycles. The highest BCUT2D eigenvalue weighted by atomic mass is 15.3. The first kappa shape index (κ1) is 10.4. The lowest BCUT2D eigenvalue weighted by molar-refractivity contribution is 0.468. The van der Waals surface area contributed by atoms with Crippen LogP contribution >= 0.6 is 0 Å². The molecule has 1 aliphatic carbocycles. The van der Waals surface area contributed by atoms with Crippen LogP contribution in [0.1, 0.15) is 31.7 Å². The minimum Gasteiger partial charge on any atom is -0.396 e. The molecule has 0 radical (unpaired) electrons. The number of rotatable bonds is 2. The first-order chi connectivity index (χ1) is 8.25. The summed E-state index contributed by atoms with van der Waals surface area (Å²) in [6.07, 6.45) is 8.75. The zero-order valence-corrected chi connectivity index (χ0v) is 10.0. The fraction of sp³-hybridized carbons (Fsp3) is 0.500. The fourth-order valence-corrected chi connectivity index (χ4v) is 2.57. The summed E-state index contributed by atoms with van der Waals surface area (Å²) in [5, 5.41) is 8.78. The second kappa shape index (κ2) is 3.91. The van der Waals surface area contributed by atoms with Crippen LogP contribution in [0.25, 0.3) is 11.4 Å². The monoisotopic (exact) mass is 231 g/mol. The number of anilines is 1. The summed E-state index contributed by atoms with van der Waals surface area (Å²) in [5.41, 5.74) is 8.60. The number of hydrogen-bond donors (Lipinski definition) is 1. The van der Waals surface area contributed by atoms with E-state index in [9.17, 15) is 0 Å². The van der Waals surface area contributed by atoms with Crippen molar-refractivity contribution in [1.82, 2.24) is 19.6 Å². The largest absolute Gasteiger partial charge is 0.396 e. The lowest BCUT2D eigenvalue weighted by Crippen LogP contribution is -2.05. The highest BCUT2D eigenvalue weighted by Crippen LogP contribution is 2.32. The second-order valence-corrected chi connectivity index (χ2v) is 4.69. The summed E-state index contributed by atoms with van der Waals surface area (Å²) in [5.74, 6) is 0. The van der Waals surface area contributed by atoms with Crippen LogP contribution in [-0.4, -0.2) is 19.6 Å². The number of aromatic nitrogens is 4. The Balaban J connectivity index is 1.98. The highest BCUT2D eigenvalue weighted by molar-refractivity contribution is 5.69. The molecule has 2 heterocycles. The van der Waals surface area contributed by atoms with Crippen molar-refractivity contribution < 1.29 is 0 Å². The Morgan fingerprint density at radius 1 is 1.35 bits per heavy atom. The van der Waals surface area contributed by atoms with Gasteiger partial charge in [-0.2, -0.15) is 10.2 Å². The maximum atomic E-state index is 6.04. The van der Waals surface area contributed by atoms with Gasteiger partial charge in [-0.15, -0.1) is 0 Å². The van der Waals surface area contributed by atoms with E-state index in [-0.39, 0.29) is 0 Å². The van der Waals surface area contributed by atoms with Gasteiger partial charge >= 0.3 is 0 Å². The standard InChI is InChI=1S/C12H17N5/c1-16-11(6-7-14-16)12-10(13)8-17(15-12)9-4-2-3-5-9/h6-9H,2-5,13H2,1H3. The summed E-state index contributed by atoms with van der Waals surface area (Å²) >= 11 is 0. The van der Waals surface area contributed by atoms with Crippen molar-refractivity contribution in [2.24, 2.45) is 7.05 Å². The van der Waals surface area contributed by atoms with E-state index < -0.39 is 0 Å². The van der Waals surface area contributed by atoms with Crippen LogP contribution in [-0.2, 0) is 7.05 Å². The van der Waals surface area contributed by atoms with Crippen molar-refractivity contribution >= 4 is 5.69 Å². The van der Waals surface area contributed by atoms with Gasteiger partial charge in [0.05, 0.1) is 17.4 Å². The van der Waals surface area contributed by atoms with Crippen molar-refractivity contribution in [2.45, 2.75) is 31.7 Å². The molecule has 0 unspecified atom stereocenters. The third-order valence-electron chi connectivity index (χ3n) is 3.52. The molecule has 1 fully saturated rings. The van der Waals surface area contributed by atoms with E-state index in [1.54, 1.807) is 10.9 Å². The molecule has 17 heavy (non-hydrogen) atoms. The van der Waals surface area contributed by atoms with Gasteiger partial charge in [-0.1, -0.05) is 12.8 Å². The van der Waals surface area contributed by atoms with Crippen molar-refractivity contribution in [3.8, 4) is 11.4 Å². The lowest BCUT2D eigenvalue weighted by Gasteiger charge is -2.08. The minimum absolute atomic E-state index is 0.527. The Hall–Kier alpha value is -1.78. The van der Waals surface area contributed by atoms with Crippen LogP contribution < -0.4 is 5.73 Å². The van der Waals surface area contributed by atoms with Gasteiger partial charge in [0.25, 0.3) is 0 Å². The molecule has 2 aromatic rings. The summed E-state index contributed by atoms with van der Waals surface area (Å²) < 4.78 is 3.84. The predicted octanol–water partition coefficient (Wildman–Crippen LogP) is 1.98. The highest BCUT2D eigenvalue weighted by Gasteiger charge is 2.20. The Morgan fingerprint density at radius 2 is 2.12 bits per heavy atom. The molecule has 0 aliphatic heterocycles. The average molecular weight is 231 g/mol. The molecule has 2 N–H and O–H groups in total. The fourth-order valence-electron chi connectivity index (χ4n) is 2.57. The normalized spacial score (nSPS) is 16.8. The number of nitrogens with two attached hydrogens (primary N) is 1. The van der Waals surface area contributed by atoms with Crippen LogP contribution in [0, 0.1) is 0 Å². The quantitative estimate of drug-likeness (QED) is 0.859. The number of hydrogen-bond acceptors (Lipinski definition) is 3. The molecule has 5 heteroatoms. The zero-order valence-electron chi connectivity index (χ0n) is 10.0.